The van der Waals surface area contributed by atoms with Crippen molar-refractivity contribution in [2.24, 2.45) is 10.8 Å². The first-order valence-electron chi connectivity index (χ1n) is 43.9. The van der Waals surface area contributed by atoms with Gasteiger partial charge in [0.15, 0.2) is 0 Å². The van der Waals surface area contributed by atoms with E-state index in [2.05, 4.69) is 337 Å². The maximum Gasteiger partial charge on any atom is 2.00 e. The molecular formula is C107H156N2O4Si2Zr. The van der Waals surface area contributed by atoms with Gasteiger partial charge < -0.3 is 43.7 Å². The second kappa shape index (κ2) is 37.1. The second-order valence-corrected chi connectivity index (χ2v) is 53.5. The van der Waals surface area contributed by atoms with Gasteiger partial charge in [0.2, 0.25) is 0 Å². The summed E-state index contributed by atoms with van der Waals surface area (Å²) in [5.74, 6) is 2.12. The summed E-state index contributed by atoms with van der Waals surface area (Å²) in [5, 5.41) is 35.4. The molecule has 9 heteroatoms. The van der Waals surface area contributed by atoms with Crippen molar-refractivity contribution in [3.8, 4) is 56.6 Å². The van der Waals surface area contributed by atoms with Crippen molar-refractivity contribution in [3.05, 3.63) is 181 Å². The van der Waals surface area contributed by atoms with E-state index in [1.165, 1.54) is 154 Å². The topological polar surface area (TPSA) is 68.8 Å². The van der Waals surface area contributed by atoms with Gasteiger partial charge in [0.05, 0.1) is 62.8 Å². The Hall–Kier alpha value is -6.12. The molecule has 0 atom stereocenters. The third kappa shape index (κ3) is 22.1. The normalized spacial score (nSPS) is 13.1. The number of benzene rings is 8. The molecule has 2 heterocycles. The number of ether oxygens (including phenoxy) is 2. The van der Waals surface area contributed by atoms with Crippen molar-refractivity contribution in [1.29, 1.82) is 0 Å². The number of hydrogen-bond donors (Lipinski definition) is 2. The first kappa shape index (κ1) is 97.0. The summed E-state index contributed by atoms with van der Waals surface area (Å²) < 4.78 is 19.7. The number of hydrogen-bond acceptors (Lipinski definition) is 4. The maximum absolute atomic E-state index is 14.0. The summed E-state index contributed by atoms with van der Waals surface area (Å²) in [5.41, 5.74) is 17.9. The Morgan fingerprint density at radius 2 is 0.603 bits per heavy atom. The van der Waals surface area contributed by atoms with E-state index >= 15 is 0 Å². The summed E-state index contributed by atoms with van der Waals surface area (Å²) in [6.45, 7) is 71.4. The Bertz CT molecular complexity index is 4590. The summed E-state index contributed by atoms with van der Waals surface area (Å²) >= 11 is 0. The molecule has 630 valence electrons. The van der Waals surface area contributed by atoms with Crippen LogP contribution in [-0.2, 0) is 58.7 Å². The monoisotopic (exact) mass is 1680 g/mol. The summed E-state index contributed by atoms with van der Waals surface area (Å²) in [7, 11) is -4.15. The predicted molar refractivity (Wildman–Crippen MR) is 513 cm³/mol. The molecule has 0 bridgehead atoms. The van der Waals surface area contributed by atoms with Crippen LogP contribution in [-0.4, -0.2) is 48.7 Å². The molecule has 116 heavy (non-hydrogen) atoms. The molecule has 0 amide bonds. The summed E-state index contributed by atoms with van der Waals surface area (Å²) in [6.07, 6.45) is 17.6. The number of aryl methyl sites for hydroxylation is 2. The number of unbranched alkanes of at least 4 members (excludes halogenated alkanes) is 10. The molecule has 10 aromatic rings. The van der Waals surface area contributed by atoms with Crippen LogP contribution < -0.4 is 19.8 Å². The minimum absolute atomic E-state index is 0. The van der Waals surface area contributed by atoms with Crippen LogP contribution >= 0.6 is 0 Å². The second-order valence-electron chi connectivity index (χ2n) is 43.8. The van der Waals surface area contributed by atoms with Crippen LogP contribution in [0.15, 0.2) is 121 Å². The van der Waals surface area contributed by atoms with Crippen LogP contribution in [0.3, 0.4) is 0 Å². The zero-order valence-corrected chi connectivity index (χ0v) is 83.5. The number of fused-ring (bicyclic) bond motifs is 6. The van der Waals surface area contributed by atoms with Crippen molar-refractivity contribution < 1.29 is 45.9 Å². The maximum atomic E-state index is 14.0. The van der Waals surface area contributed by atoms with E-state index in [0.717, 1.165) is 91.2 Å². The van der Waals surface area contributed by atoms with Gasteiger partial charge in [0, 0.05) is 50.2 Å². The molecule has 6 nitrogen and oxygen atoms in total. The van der Waals surface area contributed by atoms with E-state index in [4.69, 9.17) is 9.47 Å². The van der Waals surface area contributed by atoms with Gasteiger partial charge >= 0.3 is 26.2 Å². The van der Waals surface area contributed by atoms with E-state index in [9.17, 15) is 10.2 Å². The molecule has 0 aliphatic carbocycles. The van der Waals surface area contributed by atoms with Gasteiger partial charge in [-0.05, 0) is 163 Å². The molecule has 0 saturated carbocycles. The van der Waals surface area contributed by atoms with Crippen molar-refractivity contribution in [1.82, 2.24) is 9.13 Å². The van der Waals surface area contributed by atoms with Gasteiger partial charge in [-0.15, -0.1) is 0 Å². The van der Waals surface area contributed by atoms with Crippen LogP contribution in [0, 0.1) is 39.5 Å². The summed E-state index contributed by atoms with van der Waals surface area (Å²) in [6, 6.07) is 49.5. The van der Waals surface area contributed by atoms with Gasteiger partial charge in [-0.3, -0.25) is 0 Å². The number of aromatic hydroxyl groups is 2. The Balaban J connectivity index is 0.00000620. The molecule has 2 N–H and O–H groups in total. The van der Waals surface area contributed by atoms with Crippen LogP contribution in [0.1, 0.15) is 307 Å². The van der Waals surface area contributed by atoms with Gasteiger partial charge in [0.1, 0.15) is 23.0 Å². The Labute approximate surface area is 728 Å². The van der Waals surface area contributed by atoms with Gasteiger partial charge in [-0.25, -0.2) is 0 Å². The molecule has 0 unspecified atom stereocenters. The van der Waals surface area contributed by atoms with E-state index in [-0.39, 0.29) is 95.9 Å². The fourth-order valence-electron chi connectivity index (χ4n) is 18.6. The number of rotatable bonds is 30. The number of phenolic OH excluding ortho intramolecular Hbond substituents is 2. The van der Waals surface area contributed by atoms with Crippen molar-refractivity contribution >= 4 is 70.1 Å². The standard InChI is InChI=1S/C105H150N2O4Si2.2CH3.Zr/c1-31-33-35-37-39-41-54-112(27,28)78-56-70(3)96(86(66-78)84-58-76(104(23,24)68-98(5,6)7)64-92(94(84)108)106-88-60-72(100(11,12)13)44-48-80(88)81-49-45-73(61-89(81)106)101(14,15)16)110-52-43-53-111-97-71(4)57-79(113(29,30)55-42-40-38-36-34-32-2)67-87(97)85-59-77(105(25,26)69-99(8,9)10)65-93(95(85)109)107-90-62-74(102(17,18)19)46-50-82(90)83-51-47-75(63-91(83)107)103(20,21)22;;;/h44-51,56-67,108-109H,31-43,52-55,68-69H2,1-30H3;2*1H3;/q;2*-1;+2. The van der Waals surface area contributed by atoms with Crippen LogP contribution in [0.4, 0.5) is 0 Å². The third-order valence-electron chi connectivity index (χ3n) is 25.0. The fourth-order valence-corrected chi connectivity index (χ4v) is 23.7. The van der Waals surface area contributed by atoms with E-state index in [1.54, 1.807) is 0 Å². The SMILES string of the molecule is CCCCCCCC[Si](C)(C)c1cc(C)c(OCCCOc2c(C)cc([Si](C)(C)CCCCCCCC)cc2-c2cc(C(C)(C)CC(C)(C)C)cc(-n3c4cc(C(C)(C)C)ccc4c4ccc(C(C)(C)C)cc43)c2O)c(-c2cc(C(C)(C)CC(C)(C)C)cc(-n3c4cc(C(C)(C)C)ccc4c4ccc(C(C)(C)C)cc43)c2O)c1.[CH3-].[CH3-].[Zr+2]. The first-order chi connectivity index (χ1) is 52.4. The van der Waals surface area contributed by atoms with E-state index < -0.39 is 16.1 Å². The molecule has 0 fully saturated rings. The zero-order valence-electron chi connectivity index (χ0n) is 79.1. The van der Waals surface area contributed by atoms with Crippen molar-refractivity contribution in [3.63, 3.8) is 0 Å². The third-order valence-corrected chi connectivity index (χ3v) is 31.9. The quantitative estimate of drug-likeness (QED) is 0.0267. The Kier molecular flexibility index (Phi) is 31.0. The molecular weight excluding hydrogens is 1520 g/mol. The van der Waals surface area contributed by atoms with Gasteiger partial charge in [-0.1, -0.05) is 365 Å². The molecule has 0 saturated heterocycles. The van der Waals surface area contributed by atoms with Gasteiger partial charge in [-0.2, -0.15) is 0 Å². The van der Waals surface area contributed by atoms with Crippen LogP contribution in [0.25, 0.3) is 77.2 Å². The van der Waals surface area contributed by atoms with Crippen LogP contribution in [0.5, 0.6) is 23.0 Å². The van der Waals surface area contributed by atoms with Crippen molar-refractivity contribution in [2.45, 2.75) is 347 Å². The van der Waals surface area contributed by atoms with Crippen molar-refractivity contribution in [2.75, 3.05) is 13.2 Å². The molecule has 0 aliphatic heterocycles. The van der Waals surface area contributed by atoms with Gasteiger partial charge in [0.25, 0.3) is 0 Å². The molecule has 0 spiro atoms. The average molecular weight is 1680 g/mol. The smallest absolute Gasteiger partial charge is 0.505 e. The number of phenols is 2. The molecule has 10 rings (SSSR count). The number of aromatic nitrogens is 2. The average Bonchev–Trinajstić information content (AvgIpc) is 1.57. The molecule has 0 aliphatic rings. The minimum Gasteiger partial charge on any atom is -0.505 e. The Morgan fingerprint density at radius 3 is 0.871 bits per heavy atom. The number of nitrogens with zero attached hydrogens (tertiary/aromatic N) is 2. The molecule has 0 radical (unpaired) electrons. The Morgan fingerprint density at radius 1 is 0.328 bits per heavy atom. The fraction of sp³-hybridized carbons (Fsp3) is 0.533. The zero-order chi connectivity index (χ0) is 83.3. The van der Waals surface area contributed by atoms with Crippen LogP contribution in [0.2, 0.25) is 38.3 Å². The first-order valence-corrected chi connectivity index (χ1v) is 50.3. The predicted octanol–water partition coefficient (Wildman–Crippen LogP) is 31.2. The molecule has 8 aromatic carbocycles. The minimum atomic E-state index is -2.07. The summed E-state index contributed by atoms with van der Waals surface area (Å²) in [4.78, 5) is 0. The molecule has 2 aromatic heterocycles. The largest absolute Gasteiger partial charge is 2.00 e. The van der Waals surface area contributed by atoms with E-state index in [0.29, 0.717) is 19.6 Å². The van der Waals surface area contributed by atoms with E-state index in [1.807, 2.05) is 0 Å².